The van der Waals surface area contributed by atoms with Crippen LogP contribution in [0.25, 0.3) is 17.5 Å². The van der Waals surface area contributed by atoms with Crippen LogP contribution in [0.2, 0.25) is 0 Å². The molecule has 0 unspecified atom stereocenters. The van der Waals surface area contributed by atoms with Gasteiger partial charge in [-0.3, -0.25) is 0 Å². The summed E-state index contributed by atoms with van der Waals surface area (Å²) in [5.41, 5.74) is 0.901. The first-order valence-corrected chi connectivity index (χ1v) is 6.65. The molecule has 0 saturated carbocycles. The molecule has 2 aromatic rings. The summed E-state index contributed by atoms with van der Waals surface area (Å²) in [6.45, 7) is 2.49. The van der Waals surface area contributed by atoms with Crippen molar-refractivity contribution in [2.24, 2.45) is 0 Å². The number of ether oxygens (including phenoxy) is 1. The van der Waals surface area contributed by atoms with Crippen LogP contribution in [0.15, 0.2) is 47.0 Å². The molecule has 0 N–H and O–H groups in total. The summed E-state index contributed by atoms with van der Waals surface area (Å²) in [6.07, 6.45) is 6.37. The Hall–Kier alpha value is -2.36. The van der Waals surface area contributed by atoms with Crippen molar-refractivity contribution in [1.82, 2.24) is 4.98 Å². The van der Waals surface area contributed by atoms with Crippen molar-refractivity contribution < 1.29 is 13.9 Å². The van der Waals surface area contributed by atoms with Gasteiger partial charge in [0.2, 0.25) is 5.89 Å². The van der Waals surface area contributed by atoms with Crippen LogP contribution in [0.3, 0.4) is 0 Å². The van der Waals surface area contributed by atoms with Crippen molar-refractivity contribution in [2.75, 3.05) is 6.61 Å². The number of carbonyl (C=O) groups is 1. The van der Waals surface area contributed by atoms with Gasteiger partial charge in [-0.05, 0) is 24.6 Å². The Labute approximate surface area is 118 Å². The number of nitrogens with zero attached hydrogens (tertiary/aromatic N) is 1. The van der Waals surface area contributed by atoms with E-state index in [2.05, 4.69) is 4.98 Å². The predicted molar refractivity (Wildman–Crippen MR) is 76.8 cm³/mol. The van der Waals surface area contributed by atoms with Crippen LogP contribution >= 0.6 is 0 Å². The predicted octanol–water partition coefficient (Wildman–Crippen LogP) is 3.70. The van der Waals surface area contributed by atoms with Crippen LogP contribution in [-0.2, 0) is 9.53 Å². The minimum Gasteiger partial charge on any atom is -0.463 e. The van der Waals surface area contributed by atoms with Gasteiger partial charge >= 0.3 is 5.97 Å². The minimum atomic E-state index is -0.365. The molecule has 0 spiro atoms. The summed E-state index contributed by atoms with van der Waals surface area (Å²) in [6, 6.07) is 9.59. The van der Waals surface area contributed by atoms with Crippen molar-refractivity contribution in [3.05, 3.63) is 48.4 Å². The maximum atomic E-state index is 11.4. The van der Waals surface area contributed by atoms with Crippen LogP contribution in [0.5, 0.6) is 0 Å². The molecule has 0 saturated heterocycles. The number of oxazole rings is 1. The number of aromatic nitrogens is 1. The van der Waals surface area contributed by atoms with Crippen molar-refractivity contribution in [3.63, 3.8) is 0 Å². The Morgan fingerprint density at radius 1 is 1.35 bits per heavy atom. The van der Waals surface area contributed by atoms with Crippen molar-refractivity contribution in [3.8, 4) is 11.5 Å². The lowest BCUT2D eigenvalue weighted by Gasteiger charge is -1.98. The SMILES string of the molecule is CCCCOC(=O)/C=C/c1cnc(-c2ccccc2)o1. The Morgan fingerprint density at radius 3 is 2.90 bits per heavy atom. The fourth-order valence-corrected chi connectivity index (χ4v) is 1.59. The first-order chi connectivity index (χ1) is 9.79. The van der Waals surface area contributed by atoms with Crippen molar-refractivity contribution in [1.29, 1.82) is 0 Å². The van der Waals surface area contributed by atoms with Gasteiger partial charge < -0.3 is 9.15 Å². The van der Waals surface area contributed by atoms with E-state index < -0.39 is 0 Å². The van der Waals surface area contributed by atoms with Crippen LogP contribution in [0.4, 0.5) is 0 Å². The Balaban J connectivity index is 1.94. The highest BCUT2D eigenvalue weighted by molar-refractivity contribution is 5.86. The highest BCUT2D eigenvalue weighted by atomic mass is 16.5. The summed E-state index contributed by atoms with van der Waals surface area (Å²) < 4.78 is 10.5. The van der Waals surface area contributed by atoms with E-state index in [9.17, 15) is 4.79 Å². The third kappa shape index (κ3) is 4.09. The zero-order chi connectivity index (χ0) is 14.2. The highest BCUT2D eigenvalue weighted by Gasteiger charge is 2.04. The Morgan fingerprint density at radius 2 is 2.15 bits per heavy atom. The molecule has 4 heteroatoms. The lowest BCUT2D eigenvalue weighted by Crippen LogP contribution is -2.01. The zero-order valence-corrected chi connectivity index (χ0v) is 11.4. The van der Waals surface area contributed by atoms with Gasteiger partial charge in [-0.1, -0.05) is 31.5 Å². The number of hydrogen-bond donors (Lipinski definition) is 0. The number of rotatable bonds is 6. The lowest BCUT2D eigenvalue weighted by molar-refractivity contribution is -0.137. The summed E-state index contributed by atoms with van der Waals surface area (Å²) in [5, 5.41) is 0. The molecule has 0 fully saturated rings. The highest BCUT2D eigenvalue weighted by Crippen LogP contribution is 2.19. The maximum absolute atomic E-state index is 11.4. The third-order valence-corrected chi connectivity index (χ3v) is 2.67. The summed E-state index contributed by atoms with van der Waals surface area (Å²) in [7, 11) is 0. The number of benzene rings is 1. The fraction of sp³-hybridized carbons (Fsp3) is 0.250. The molecule has 1 aromatic heterocycles. The van der Waals surface area contributed by atoms with Gasteiger partial charge in [0, 0.05) is 11.6 Å². The minimum absolute atomic E-state index is 0.365. The van der Waals surface area contributed by atoms with Crippen molar-refractivity contribution in [2.45, 2.75) is 19.8 Å². The van der Waals surface area contributed by atoms with Gasteiger partial charge in [-0.15, -0.1) is 0 Å². The van der Waals surface area contributed by atoms with E-state index in [1.165, 1.54) is 6.08 Å². The smallest absolute Gasteiger partial charge is 0.330 e. The molecule has 0 atom stereocenters. The van der Waals surface area contributed by atoms with Crippen LogP contribution in [0, 0.1) is 0 Å². The fourth-order valence-electron chi connectivity index (χ4n) is 1.59. The van der Waals surface area contributed by atoms with E-state index in [4.69, 9.17) is 9.15 Å². The number of esters is 1. The maximum Gasteiger partial charge on any atom is 0.330 e. The third-order valence-electron chi connectivity index (χ3n) is 2.67. The molecule has 1 aromatic carbocycles. The Kier molecular flexibility index (Phi) is 5.12. The molecule has 20 heavy (non-hydrogen) atoms. The molecule has 0 amide bonds. The normalized spacial score (nSPS) is 10.8. The first kappa shape index (κ1) is 14.1. The van der Waals surface area contributed by atoms with Gasteiger partial charge in [0.25, 0.3) is 0 Å². The number of unbranched alkanes of at least 4 members (excludes halogenated alkanes) is 1. The molecule has 104 valence electrons. The molecule has 0 radical (unpaired) electrons. The molecule has 0 aliphatic carbocycles. The molecule has 4 nitrogen and oxygen atoms in total. The summed E-state index contributed by atoms with van der Waals surface area (Å²) in [5.74, 6) is 0.692. The van der Waals surface area contributed by atoms with E-state index in [1.807, 2.05) is 37.3 Å². The molecule has 2 rings (SSSR count). The van der Waals surface area contributed by atoms with Gasteiger partial charge in [0.1, 0.15) is 5.76 Å². The molecule has 0 aliphatic heterocycles. The van der Waals surface area contributed by atoms with Gasteiger partial charge in [0.15, 0.2) is 0 Å². The van der Waals surface area contributed by atoms with Gasteiger partial charge in [0.05, 0.1) is 12.8 Å². The lowest BCUT2D eigenvalue weighted by atomic mass is 10.2. The van der Waals surface area contributed by atoms with E-state index in [-0.39, 0.29) is 5.97 Å². The van der Waals surface area contributed by atoms with Crippen LogP contribution in [0.1, 0.15) is 25.5 Å². The number of carbonyl (C=O) groups excluding carboxylic acids is 1. The second kappa shape index (κ2) is 7.28. The topological polar surface area (TPSA) is 52.3 Å². The first-order valence-electron chi connectivity index (χ1n) is 6.65. The molecular formula is C16H17NO3. The van der Waals surface area contributed by atoms with Gasteiger partial charge in [-0.25, -0.2) is 9.78 Å². The van der Waals surface area contributed by atoms with E-state index >= 15 is 0 Å². The van der Waals surface area contributed by atoms with Crippen molar-refractivity contribution >= 4 is 12.0 Å². The summed E-state index contributed by atoms with van der Waals surface area (Å²) in [4.78, 5) is 15.6. The average molecular weight is 271 g/mol. The molecule has 0 aliphatic rings. The average Bonchev–Trinajstić information content (AvgIpc) is 2.95. The molecule has 0 bridgehead atoms. The zero-order valence-electron chi connectivity index (χ0n) is 11.4. The van der Waals surface area contributed by atoms with E-state index in [0.29, 0.717) is 18.3 Å². The second-order valence-electron chi connectivity index (χ2n) is 4.29. The van der Waals surface area contributed by atoms with Crippen LogP contribution < -0.4 is 0 Å². The Bertz CT molecular complexity index is 572. The number of hydrogen-bond acceptors (Lipinski definition) is 4. The standard InChI is InChI=1S/C16H17NO3/c1-2-3-11-19-15(18)10-9-14-12-17-16(20-14)13-7-5-4-6-8-13/h4-10,12H,2-3,11H2,1H3/b10-9+. The monoisotopic (exact) mass is 271 g/mol. The van der Waals surface area contributed by atoms with Crippen LogP contribution in [-0.4, -0.2) is 17.6 Å². The molecule has 1 heterocycles. The van der Waals surface area contributed by atoms with E-state index in [1.54, 1.807) is 12.3 Å². The second-order valence-corrected chi connectivity index (χ2v) is 4.29. The summed E-state index contributed by atoms with van der Waals surface area (Å²) >= 11 is 0. The molecular weight excluding hydrogens is 254 g/mol. The quantitative estimate of drug-likeness (QED) is 0.456. The largest absolute Gasteiger partial charge is 0.463 e. The van der Waals surface area contributed by atoms with E-state index in [0.717, 1.165) is 18.4 Å². The van der Waals surface area contributed by atoms with Gasteiger partial charge in [-0.2, -0.15) is 0 Å².